The Morgan fingerprint density at radius 2 is 2.05 bits per heavy atom. The molecule has 1 N–H and O–H groups in total. The average molecular weight is 399 g/mol. The van der Waals surface area contributed by atoms with Gasteiger partial charge in [-0.3, -0.25) is 4.79 Å². The van der Waals surface area contributed by atoms with E-state index in [1.807, 2.05) is 13.8 Å². The van der Waals surface area contributed by atoms with E-state index in [-0.39, 0.29) is 28.3 Å². The summed E-state index contributed by atoms with van der Waals surface area (Å²) in [5.41, 5.74) is 0.207. The zero-order chi connectivity index (χ0) is 16.2. The van der Waals surface area contributed by atoms with E-state index in [0.717, 1.165) is 0 Å². The number of halogens is 2. The van der Waals surface area contributed by atoms with E-state index in [0.29, 0.717) is 11.1 Å². The van der Waals surface area contributed by atoms with Gasteiger partial charge in [-0.25, -0.2) is 8.42 Å². The Morgan fingerprint density at radius 1 is 1.43 bits per heavy atom. The van der Waals surface area contributed by atoms with Crippen LogP contribution < -0.4 is 5.32 Å². The second-order valence-corrected chi connectivity index (χ2v) is 8.28. The molecule has 1 unspecified atom stereocenters. The van der Waals surface area contributed by atoms with Crippen molar-refractivity contribution in [3.63, 3.8) is 0 Å². The molecular weight excluding hydrogens is 382 g/mol. The van der Waals surface area contributed by atoms with Crippen LogP contribution in [0.5, 0.6) is 0 Å². The van der Waals surface area contributed by atoms with E-state index in [1.54, 1.807) is 7.11 Å². The topological polar surface area (TPSA) is 72.5 Å². The lowest BCUT2D eigenvalue weighted by atomic mass is 10.0. The Hall–Kier alpha value is -0.630. The second-order valence-electron chi connectivity index (χ2n) is 4.86. The molecule has 1 aromatic rings. The molecule has 118 valence electrons. The third-order valence-corrected chi connectivity index (χ3v) is 4.97. The maximum absolute atomic E-state index is 12.3. The van der Waals surface area contributed by atoms with Gasteiger partial charge in [0.1, 0.15) is 0 Å². The SMILES string of the molecule is COCC(NC(=O)c1cc(S(=O)(=O)Cl)ccc1Br)C(C)C. The maximum Gasteiger partial charge on any atom is 0.261 e. The Labute approximate surface area is 137 Å². The first-order valence-corrected chi connectivity index (χ1v) is 9.31. The Bertz CT molecular complexity index is 619. The summed E-state index contributed by atoms with van der Waals surface area (Å²) < 4.78 is 28.3. The van der Waals surface area contributed by atoms with Gasteiger partial charge in [-0.1, -0.05) is 13.8 Å². The number of benzene rings is 1. The van der Waals surface area contributed by atoms with Crippen LogP contribution in [0.2, 0.25) is 0 Å². The van der Waals surface area contributed by atoms with E-state index in [2.05, 4.69) is 21.2 Å². The van der Waals surface area contributed by atoms with Gasteiger partial charge in [0.15, 0.2) is 0 Å². The minimum absolute atomic E-state index is 0.120. The zero-order valence-electron chi connectivity index (χ0n) is 11.9. The van der Waals surface area contributed by atoms with Gasteiger partial charge in [0, 0.05) is 22.3 Å². The van der Waals surface area contributed by atoms with Crippen molar-refractivity contribution in [2.75, 3.05) is 13.7 Å². The first-order chi connectivity index (χ1) is 9.66. The lowest BCUT2D eigenvalue weighted by Gasteiger charge is -2.22. The highest BCUT2D eigenvalue weighted by Gasteiger charge is 2.20. The van der Waals surface area contributed by atoms with E-state index < -0.39 is 9.05 Å². The van der Waals surface area contributed by atoms with Gasteiger partial charge < -0.3 is 10.1 Å². The number of rotatable bonds is 6. The zero-order valence-corrected chi connectivity index (χ0v) is 15.0. The number of hydrogen-bond acceptors (Lipinski definition) is 4. The van der Waals surface area contributed by atoms with Crippen molar-refractivity contribution in [3.05, 3.63) is 28.2 Å². The summed E-state index contributed by atoms with van der Waals surface area (Å²) >= 11 is 3.23. The van der Waals surface area contributed by atoms with Crippen LogP contribution in [0.1, 0.15) is 24.2 Å². The van der Waals surface area contributed by atoms with Gasteiger partial charge in [-0.2, -0.15) is 0 Å². The molecular formula is C13H17BrClNO4S. The van der Waals surface area contributed by atoms with Crippen LogP contribution in [0.25, 0.3) is 0 Å². The molecule has 1 aromatic carbocycles. The fourth-order valence-electron chi connectivity index (χ4n) is 1.66. The predicted molar refractivity (Wildman–Crippen MR) is 85.1 cm³/mol. The monoisotopic (exact) mass is 397 g/mol. The molecule has 0 aliphatic heterocycles. The molecule has 0 bridgehead atoms. The average Bonchev–Trinajstić information content (AvgIpc) is 2.36. The Morgan fingerprint density at radius 3 is 2.52 bits per heavy atom. The molecule has 1 atom stereocenters. The summed E-state index contributed by atoms with van der Waals surface area (Å²) in [6, 6.07) is 3.88. The molecule has 5 nitrogen and oxygen atoms in total. The molecule has 0 saturated heterocycles. The first kappa shape index (κ1) is 18.4. The van der Waals surface area contributed by atoms with E-state index in [4.69, 9.17) is 15.4 Å². The number of amides is 1. The molecule has 1 amide bonds. The maximum atomic E-state index is 12.3. The molecule has 0 spiro atoms. The molecule has 1 rings (SSSR count). The molecule has 0 saturated carbocycles. The minimum Gasteiger partial charge on any atom is -0.383 e. The first-order valence-electron chi connectivity index (χ1n) is 6.20. The van der Waals surface area contributed by atoms with Gasteiger partial charge in [-0.05, 0) is 40.0 Å². The van der Waals surface area contributed by atoms with Crippen molar-refractivity contribution >= 4 is 41.6 Å². The van der Waals surface area contributed by atoms with E-state index >= 15 is 0 Å². The van der Waals surface area contributed by atoms with Crippen LogP contribution in [0, 0.1) is 5.92 Å². The van der Waals surface area contributed by atoms with Crippen LogP contribution >= 0.6 is 26.6 Å². The van der Waals surface area contributed by atoms with Crippen LogP contribution in [0.3, 0.4) is 0 Å². The summed E-state index contributed by atoms with van der Waals surface area (Å²) in [5.74, 6) is -0.215. The third-order valence-electron chi connectivity index (χ3n) is 2.93. The molecule has 0 aliphatic rings. The number of carbonyl (C=O) groups is 1. The van der Waals surface area contributed by atoms with Crippen molar-refractivity contribution in [1.82, 2.24) is 5.32 Å². The number of methoxy groups -OCH3 is 1. The molecule has 0 radical (unpaired) electrons. The quantitative estimate of drug-likeness (QED) is 0.748. The lowest BCUT2D eigenvalue weighted by Crippen LogP contribution is -2.41. The molecule has 0 aliphatic carbocycles. The second kappa shape index (κ2) is 7.58. The summed E-state index contributed by atoms with van der Waals surface area (Å²) in [5, 5.41) is 2.82. The van der Waals surface area contributed by atoms with Gasteiger partial charge >= 0.3 is 0 Å². The van der Waals surface area contributed by atoms with Gasteiger partial charge in [0.25, 0.3) is 15.0 Å². The van der Waals surface area contributed by atoms with Crippen LogP contribution in [-0.4, -0.2) is 34.1 Å². The number of carbonyl (C=O) groups excluding carboxylic acids is 1. The smallest absolute Gasteiger partial charge is 0.261 e. The predicted octanol–water partition coefficient (Wildman–Crippen LogP) is 2.78. The molecule has 0 aromatic heterocycles. The Balaban J connectivity index is 3.07. The molecule has 21 heavy (non-hydrogen) atoms. The standard InChI is InChI=1S/C13H17BrClNO4S/c1-8(2)12(7-20-3)16-13(17)10-6-9(21(15,18)19)4-5-11(10)14/h4-6,8,12H,7H2,1-3H3,(H,16,17). The summed E-state index contributed by atoms with van der Waals surface area (Å²) in [6.45, 7) is 4.28. The van der Waals surface area contributed by atoms with Crippen molar-refractivity contribution in [2.45, 2.75) is 24.8 Å². The lowest BCUT2D eigenvalue weighted by molar-refractivity contribution is 0.0865. The van der Waals surface area contributed by atoms with Gasteiger partial charge in [0.05, 0.1) is 23.1 Å². The van der Waals surface area contributed by atoms with Crippen molar-refractivity contribution < 1.29 is 17.9 Å². The summed E-state index contributed by atoms with van der Waals surface area (Å²) in [7, 11) is 2.97. The minimum atomic E-state index is -3.88. The van der Waals surface area contributed by atoms with Gasteiger partial charge in [-0.15, -0.1) is 0 Å². The third kappa shape index (κ3) is 5.25. The Kier molecular flexibility index (Phi) is 6.65. The molecule has 8 heteroatoms. The van der Waals surface area contributed by atoms with Crippen molar-refractivity contribution in [2.24, 2.45) is 5.92 Å². The summed E-state index contributed by atoms with van der Waals surface area (Å²) in [4.78, 5) is 12.2. The number of hydrogen-bond donors (Lipinski definition) is 1. The number of ether oxygens (including phenoxy) is 1. The summed E-state index contributed by atoms with van der Waals surface area (Å²) in [6.07, 6.45) is 0. The van der Waals surface area contributed by atoms with Crippen LogP contribution in [0.15, 0.2) is 27.6 Å². The highest BCUT2D eigenvalue weighted by molar-refractivity contribution is 9.10. The fraction of sp³-hybridized carbons (Fsp3) is 0.462. The highest BCUT2D eigenvalue weighted by Crippen LogP contribution is 2.23. The van der Waals surface area contributed by atoms with Crippen molar-refractivity contribution in [1.29, 1.82) is 0 Å². The largest absolute Gasteiger partial charge is 0.383 e. The van der Waals surface area contributed by atoms with E-state index in [9.17, 15) is 13.2 Å². The normalized spacial score (nSPS) is 13.2. The van der Waals surface area contributed by atoms with Gasteiger partial charge in [0.2, 0.25) is 0 Å². The molecule has 0 fully saturated rings. The number of nitrogens with one attached hydrogen (secondary N) is 1. The van der Waals surface area contributed by atoms with E-state index in [1.165, 1.54) is 18.2 Å². The fourth-order valence-corrected chi connectivity index (χ4v) is 2.86. The molecule has 0 heterocycles. The van der Waals surface area contributed by atoms with Crippen LogP contribution in [0.4, 0.5) is 0 Å². The van der Waals surface area contributed by atoms with Crippen molar-refractivity contribution in [3.8, 4) is 0 Å². The van der Waals surface area contributed by atoms with Crippen LogP contribution in [-0.2, 0) is 13.8 Å². The highest BCUT2D eigenvalue weighted by atomic mass is 79.9.